The van der Waals surface area contributed by atoms with Gasteiger partial charge in [0.1, 0.15) is 6.61 Å². The van der Waals surface area contributed by atoms with Gasteiger partial charge in [-0.05, 0) is 29.8 Å². The van der Waals surface area contributed by atoms with Crippen molar-refractivity contribution >= 4 is 39.7 Å². The van der Waals surface area contributed by atoms with Gasteiger partial charge in [0.05, 0.1) is 12.0 Å². The Morgan fingerprint density at radius 2 is 1.75 bits per heavy atom. The van der Waals surface area contributed by atoms with E-state index in [-0.39, 0.29) is 18.1 Å². The van der Waals surface area contributed by atoms with Crippen LogP contribution in [0.2, 0.25) is 0 Å². The molecule has 0 fully saturated rings. The number of benzene rings is 3. The van der Waals surface area contributed by atoms with Crippen molar-refractivity contribution in [2.24, 2.45) is 0 Å². The van der Waals surface area contributed by atoms with E-state index < -0.39 is 4.92 Å². The topological polar surface area (TPSA) is 85.7 Å². The van der Waals surface area contributed by atoms with Crippen LogP contribution in [0.25, 0.3) is 0 Å². The molecule has 0 atom stereocenters. The van der Waals surface area contributed by atoms with Crippen molar-refractivity contribution in [1.82, 2.24) is 5.32 Å². The molecule has 0 aromatic heterocycles. The van der Waals surface area contributed by atoms with E-state index in [1.54, 1.807) is 19.2 Å². The number of halogens is 2. The first-order valence-corrected chi connectivity index (χ1v) is 10.6. The molecular weight excluding hydrogens is 498 g/mol. The number of nitro groups is 1. The molecule has 170 valence electrons. The lowest BCUT2D eigenvalue weighted by Gasteiger charge is -2.17. The number of hydrogen-bond acceptors (Lipinski definition) is 6. The maximum atomic E-state index is 10.7. The molecule has 3 aromatic rings. The molecule has 0 bridgehead atoms. The molecule has 0 unspecified atom stereocenters. The van der Waals surface area contributed by atoms with Gasteiger partial charge < -0.3 is 20.1 Å². The Hall–Kier alpha value is -2.81. The second-order valence-corrected chi connectivity index (χ2v) is 7.69. The van der Waals surface area contributed by atoms with E-state index in [4.69, 9.17) is 9.47 Å². The standard InChI is InChI=1S/C23H24BrN3O4.ClH/c1-30-22-14-19(24)13-18(23(22)31-16-17-5-3-2-4-6-17)15-25-11-12-26-20-7-9-21(10-8-20)27(28)29;/h2-10,13-14,25-26H,11-12,15-16H2,1H3;1H. The molecule has 0 saturated heterocycles. The van der Waals surface area contributed by atoms with E-state index >= 15 is 0 Å². The van der Waals surface area contributed by atoms with Crippen molar-refractivity contribution in [1.29, 1.82) is 0 Å². The van der Waals surface area contributed by atoms with E-state index in [0.29, 0.717) is 37.7 Å². The molecule has 0 radical (unpaired) electrons. The largest absolute Gasteiger partial charge is 0.493 e. The van der Waals surface area contributed by atoms with E-state index in [9.17, 15) is 10.1 Å². The summed E-state index contributed by atoms with van der Waals surface area (Å²) in [6.45, 7) is 2.42. The van der Waals surface area contributed by atoms with Gasteiger partial charge in [-0.2, -0.15) is 0 Å². The maximum absolute atomic E-state index is 10.7. The van der Waals surface area contributed by atoms with Gasteiger partial charge in [0.15, 0.2) is 11.5 Å². The van der Waals surface area contributed by atoms with Gasteiger partial charge in [-0.15, -0.1) is 12.4 Å². The summed E-state index contributed by atoms with van der Waals surface area (Å²) < 4.78 is 12.5. The number of hydrogen-bond donors (Lipinski definition) is 2. The summed E-state index contributed by atoms with van der Waals surface area (Å²) in [5.74, 6) is 1.39. The summed E-state index contributed by atoms with van der Waals surface area (Å²) in [6.07, 6.45) is 0. The Morgan fingerprint density at radius 1 is 1.03 bits per heavy atom. The van der Waals surface area contributed by atoms with Gasteiger partial charge in [-0.1, -0.05) is 46.3 Å². The first-order valence-electron chi connectivity index (χ1n) is 9.79. The van der Waals surface area contributed by atoms with Crippen molar-refractivity contribution in [3.63, 3.8) is 0 Å². The highest BCUT2D eigenvalue weighted by atomic mass is 79.9. The molecular formula is C23H25BrClN3O4. The number of anilines is 1. The van der Waals surface area contributed by atoms with Crippen LogP contribution in [0.4, 0.5) is 11.4 Å². The number of nitrogens with one attached hydrogen (secondary N) is 2. The molecule has 2 N–H and O–H groups in total. The highest BCUT2D eigenvalue weighted by molar-refractivity contribution is 9.10. The zero-order valence-electron chi connectivity index (χ0n) is 17.5. The van der Waals surface area contributed by atoms with Crippen LogP contribution in [-0.2, 0) is 13.2 Å². The summed E-state index contributed by atoms with van der Waals surface area (Å²) in [6, 6.07) is 20.3. The van der Waals surface area contributed by atoms with Crippen LogP contribution in [0, 0.1) is 10.1 Å². The average molecular weight is 523 g/mol. The Morgan fingerprint density at radius 3 is 2.41 bits per heavy atom. The summed E-state index contributed by atoms with van der Waals surface area (Å²) >= 11 is 3.53. The molecule has 0 aliphatic rings. The minimum atomic E-state index is -0.408. The van der Waals surface area contributed by atoms with Crippen LogP contribution >= 0.6 is 28.3 Å². The van der Waals surface area contributed by atoms with E-state index in [1.807, 2.05) is 42.5 Å². The predicted molar refractivity (Wildman–Crippen MR) is 132 cm³/mol. The molecule has 9 heteroatoms. The van der Waals surface area contributed by atoms with Crippen molar-refractivity contribution < 1.29 is 14.4 Å². The number of ether oxygens (including phenoxy) is 2. The SMILES string of the molecule is COc1cc(Br)cc(CNCCNc2ccc([N+](=O)[O-])cc2)c1OCc1ccccc1.Cl. The highest BCUT2D eigenvalue weighted by Crippen LogP contribution is 2.35. The molecule has 3 aromatic carbocycles. The normalized spacial score (nSPS) is 10.2. The fraction of sp³-hybridized carbons (Fsp3) is 0.217. The summed E-state index contributed by atoms with van der Waals surface area (Å²) in [4.78, 5) is 10.3. The summed E-state index contributed by atoms with van der Waals surface area (Å²) in [5.41, 5.74) is 2.98. The molecule has 0 aliphatic carbocycles. The van der Waals surface area contributed by atoms with E-state index in [1.165, 1.54) is 12.1 Å². The number of rotatable bonds is 11. The second kappa shape index (κ2) is 12.9. The van der Waals surface area contributed by atoms with Gasteiger partial charge in [0.25, 0.3) is 5.69 Å². The summed E-state index contributed by atoms with van der Waals surface area (Å²) in [7, 11) is 1.63. The lowest BCUT2D eigenvalue weighted by molar-refractivity contribution is -0.384. The third kappa shape index (κ3) is 7.40. The Kier molecular flexibility index (Phi) is 10.3. The fourth-order valence-corrected chi connectivity index (χ4v) is 3.50. The molecule has 3 rings (SSSR count). The van der Waals surface area contributed by atoms with Gasteiger partial charge >= 0.3 is 0 Å². The lowest BCUT2D eigenvalue weighted by Crippen LogP contribution is -2.22. The average Bonchev–Trinajstić information content (AvgIpc) is 2.78. The predicted octanol–water partition coefficient (Wildman–Crippen LogP) is 5.57. The zero-order valence-corrected chi connectivity index (χ0v) is 19.9. The second-order valence-electron chi connectivity index (χ2n) is 6.78. The van der Waals surface area contributed by atoms with Crippen molar-refractivity contribution in [2.75, 3.05) is 25.5 Å². The van der Waals surface area contributed by atoms with E-state index in [0.717, 1.165) is 21.3 Å². The van der Waals surface area contributed by atoms with Crippen molar-refractivity contribution in [2.45, 2.75) is 13.2 Å². The van der Waals surface area contributed by atoms with Crippen molar-refractivity contribution in [3.8, 4) is 11.5 Å². The van der Waals surface area contributed by atoms with E-state index in [2.05, 4.69) is 26.6 Å². The number of methoxy groups -OCH3 is 1. The first-order chi connectivity index (χ1) is 15.1. The number of nitro benzene ring substituents is 1. The van der Waals surface area contributed by atoms with Gasteiger partial charge in [0.2, 0.25) is 0 Å². The molecule has 32 heavy (non-hydrogen) atoms. The minimum Gasteiger partial charge on any atom is -0.493 e. The molecule has 0 amide bonds. The van der Waals surface area contributed by atoms with Crippen LogP contribution in [0.1, 0.15) is 11.1 Å². The zero-order chi connectivity index (χ0) is 22.1. The fourth-order valence-electron chi connectivity index (χ4n) is 3.02. The maximum Gasteiger partial charge on any atom is 0.269 e. The Bertz CT molecular complexity index is 1000. The first kappa shape index (κ1) is 25.5. The third-order valence-electron chi connectivity index (χ3n) is 4.57. The molecule has 0 aliphatic heterocycles. The number of nitrogens with zero attached hydrogens (tertiary/aromatic N) is 1. The van der Waals surface area contributed by atoms with Gasteiger partial charge in [0, 0.05) is 47.5 Å². The molecule has 0 spiro atoms. The highest BCUT2D eigenvalue weighted by Gasteiger charge is 2.13. The molecule has 7 nitrogen and oxygen atoms in total. The van der Waals surface area contributed by atoms with Gasteiger partial charge in [-0.25, -0.2) is 0 Å². The third-order valence-corrected chi connectivity index (χ3v) is 5.02. The quantitative estimate of drug-likeness (QED) is 0.195. The van der Waals surface area contributed by atoms with Crippen LogP contribution in [0.3, 0.4) is 0 Å². The smallest absolute Gasteiger partial charge is 0.269 e. The molecule has 0 heterocycles. The summed E-state index contributed by atoms with van der Waals surface area (Å²) in [5, 5.41) is 17.4. The molecule has 0 saturated carbocycles. The minimum absolute atomic E-state index is 0. The van der Waals surface area contributed by atoms with Crippen LogP contribution < -0.4 is 20.1 Å². The lowest BCUT2D eigenvalue weighted by atomic mass is 10.1. The number of non-ortho nitro benzene ring substituents is 1. The van der Waals surface area contributed by atoms with Crippen LogP contribution in [0.5, 0.6) is 11.5 Å². The van der Waals surface area contributed by atoms with Crippen molar-refractivity contribution in [3.05, 3.63) is 92.4 Å². The Balaban J connectivity index is 0.00000363. The van der Waals surface area contributed by atoms with Crippen LogP contribution in [0.15, 0.2) is 71.2 Å². The Labute approximate surface area is 201 Å². The van der Waals surface area contributed by atoms with Gasteiger partial charge in [-0.3, -0.25) is 10.1 Å². The van der Waals surface area contributed by atoms with Crippen LogP contribution in [-0.4, -0.2) is 25.1 Å². The monoisotopic (exact) mass is 521 g/mol.